The third-order valence-corrected chi connectivity index (χ3v) is 10.3. The van der Waals surface area contributed by atoms with Gasteiger partial charge in [-0.1, -0.05) is 50.6 Å². The first-order valence-corrected chi connectivity index (χ1v) is 16.4. The van der Waals surface area contributed by atoms with E-state index in [1.54, 1.807) is 30.0 Å². The SMILES string of the molecule is CCc1cc(C)cc(CC)c1NC(=O)CN1C[C@H](c2cc(F)c3c(c2)OCO3)[C@@H](C(=O)O)[C@@H]1c1ccc(S(=O)(=O)CC)cc1. The molecule has 11 heteroatoms. The Kier molecular flexibility index (Phi) is 8.99. The number of likely N-dealkylation sites (tertiary alicyclic amines) is 1. The second-order valence-corrected chi connectivity index (χ2v) is 13.5. The fourth-order valence-corrected chi connectivity index (χ4v) is 7.28. The summed E-state index contributed by atoms with van der Waals surface area (Å²) in [5.74, 6) is -3.75. The third-order valence-electron chi connectivity index (χ3n) is 8.54. The van der Waals surface area contributed by atoms with Gasteiger partial charge in [-0.2, -0.15) is 0 Å². The predicted octanol–water partition coefficient (Wildman–Crippen LogP) is 5.26. The Morgan fingerprint density at radius 3 is 2.25 bits per heavy atom. The van der Waals surface area contributed by atoms with Crippen molar-refractivity contribution in [2.45, 2.75) is 57.4 Å². The number of benzene rings is 3. The van der Waals surface area contributed by atoms with E-state index in [9.17, 15) is 27.5 Å². The van der Waals surface area contributed by atoms with Crippen LogP contribution < -0.4 is 14.8 Å². The number of carbonyl (C=O) groups excluding carboxylic acids is 1. The van der Waals surface area contributed by atoms with Gasteiger partial charge >= 0.3 is 5.97 Å². The molecule has 0 spiro atoms. The van der Waals surface area contributed by atoms with E-state index in [4.69, 9.17) is 9.47 Å². The molecule has 1 amide bonds. The van der Waals surface area contributed by atoms with E-state index in [1.807, 2.05) is 32.9 Å². The van der Waals surface area contributed by atoms with Crippen LogP contribution >= 0.6 is 0 Å². The van der Waals surface area contributed by atoms with E-state index >= 15 is 0 Å². The molecule has 44 heavy (non-hydrogen) atoms. The molecule has 2 N–H and O–H groups in total. The van der Waals surface area contributed by atoms with Gasteiger partial charge < -0.3 is 19.9 Å². The Balaban J connectivity index is 1.53. The van der Waals surface area contributed by atoms with Crippen molar-refractivity contribution in [3.05, 3.63) is 82.2 Å². The first-order chi connectivity index (χ1) is 21.0. The number of aliphatic carboxylic acids is 1. The Labute approximate surface area is 256 Å². The van der Waals surface area contributed by atoms with Gasteiger partial charge in [-0.05, 0) is 66.3 Å². The van der Waals surface area contributed by atoms with E-state index in [0.717, 1.165) is 35.2 Å². The van der Waals surface area contributed by atoms with Crippen LogP contribution in [0.4, 0.5) is 10.1 Å². The first-order valence-electron chi connectivity index (χ1n) is 14.8. The number of anilines is 1. The Hall–Kier alpha value is -3.96. The van der Waals surface area contributed by atoms with E-state index in [2.05, 4.69) is 5.32 Å². The molecule has 5 rings (SSSR count). The van der Waals surface area contributed by atoms with Crippen LogP contribution in [0.5, 0.6) is 11.5 Å². The second-order valence-electron chi connectivity index (χ2n) is 11.3. The number of amides is 1. The van der Waals surface area contributed by atoms with Crippen LogP contribution in [0.2, 0.25) is 0 Å². The summed E-state index contributed by atoms with van der Waals surface area (Å²) in [6, 6.07) is 12.3. The summed E-state index contributed by atoms with van der Waals surface area (Å²) < 4.78 is 50.5. The number of nitrogens with one attached hydrogen (secondary N) is 1. The molecule has 0 aliphatic carbocycles. The second kappa shape index (κ2) is 12.6. The van der Waals surface area contributed by atoms with E-state index in [1.165, 1.54) is 18.2 Å². The summed E-state index contributed by atoms with van der Waals surface area (Å²) in [5.41, 5.74) is 4.85. The van der Waals surface area contributed by atoms with E-state index in [-0.39, 0.29) is 47.9 Å². The molecule has 0 aromatic heterocycles. The minimum Gasteiger partial charge on any atom is -0.481 e. The molecule has 0 unspecified atom stereocenters. The zero-order valence-electron chi connectivity index (χ0n) is 25.2. The third kappa shape index (κ3) is 6.03. The van der Waals surface area contributed by atoms with Crippen LogP contribution in [-0.2, 0) is 32.3 Å². The maximum absolute atomic E-state index is 15.0. The number of nitrogens with zero attached hydrogens (tertiary/aromatic N) is 1. The number of rotatable bonds is 10. The van der Waals surface area contributed by atoms with Crippen LogP contribution in [0.3, 0.4) is 0 Å². The Morgan fingerprint density at radius 1 is 1.00 bits per heavy atom. The molecule has 0 bridgehead atoms. The smallest absolute Gasteiger partial charge is 0.309 e. The Morgan fingerprint density at radius 2 is 1.66 bits per heavy atom. The van der Waals surface area contributed by atoms with Gasteiger partial charge in [-0.15, -0.1) is 0 Å². The normalized spacial score (nSPS) is 19.7. The van der Waals surface area contributed by atoms with Crippen LogP contribution in [0.15, 0.2) is 53.4 Å². The average molecular weight is 625 g/mol. The van der Waals surface area contributed by atoms with Gasteiger partial charge in [0.2, 0.25) is 18.4 Å². The van der Waals surface area contributed by atoms with Crippen LogP contribution in [0.1, 0.15) is 60.5 Å². The number of halogens is 1. The van der Waals surface area contributed by atoms with Crippen molar-refractivity contribution in [3.8, 4) is 11.5 Å². The summed E-state index contributed by atoms with van der Waals surface area (Å²) in [6.07, 6.45) is 1.45. The number of carboxylic acid groups (broad SMARTS) is 1. The van der Waals surface area contributed by atoms with Crippen molar-refractivity contribution in [1.29, 1.82) is 0 Å². The predicted molar refractivity (Wildman–Crippen MR) is 163 cm³/mol. The Bertz CT molecular complexity index is 1670. The molecule has 234 valence electrons. The summed E-state index contributed by atoms with van der Waals surface area (Å²) in [4.78, 5) is 28.5. The van der Waals surface area contributed by atoms with Gasteiger partial charge in [-0.3, -0.25) is 14.5 Å². The highest BCUT2D eigenvalue weighted by atomic mass is 32.2. The van der Waals surface area contributed by atoms with Crippen molar-refractivity contribution in [2.24, 2.45) is 5.92 Å². The molecule has 3 aromatic carbocycles. The first kappa shape index (κ1) is 31.5. The summed E-state index contributed by atoms with van der Waals surface area (Å²) in [7, 11) is -3.48. The van der Waals surface area contributed by atoms with Crippen LogP contribution in [-0.4, -0.2) is 55.9 Å². The summed E-state index contributed by atoms with van der Waals surface area (Å²) in [6.45, 7) is 7.48. The topological polar surface area (TPSA) is 122 Å². The standard InChI is InChI=1S/C33H37FN2O7S/c1-5-20-12-19(4)13-21(6-2)30(20)35-28(37)17-36-16-25(23-14-26(34)32-27(15-23)42-18-43-32)29(33(38)39)31(36)22-8-10-24(11-9-22)44(40,41)7-3/h8-15,25,29,31H,5-7,16-18H2,1-4H3,(H,35,37)(H,38,39)/t25-,29-,31+/m1/s1. The molecular formula is C33H37FN2O7S. The molecule has 3 atom stereocenters. The molecule has 9 nitrogen and oxygen atoms in total. The average Bonchev–Trinajstić information content (AvgIpc) is 3.63. The van der Waals surface area contributed by atoms with Crippen molar-refractivity contribution in [1.82, 2.24) is 4.90 Å². The highest BCUT2D eigenvalue weighted by molar-refractivity contribution is 7.91. The minimum absolute atomic E-state index is 0.0179. The van der Waals surface area contributed by atoms with Gasteiger partial charge in [0.1, 0.15) is 0 Å². The maximum atomic E-state index is 15.0. The molecule has 1 saturated heterocycles. The lowest BCUT2D eigenvalue weighted by atomic mass is 9.82. The number of hydrogen-bond acceptors (Lipinski definition) is 7. The largest absolute Gasteiger partial charge is 0.481 e. The molecule has 3 aromatic rings. The zero-order valence-corrected chi connectivity index (χ0v) is 26.0. The molecular weight excluding hydrogens is 587 g/mol. The molecule has 2 aliphatic heterocycles. The maximum Gasteiger partial charge on any atom is 0.309 e. The monoisotopic (exact) mass is 624 g/mol. The lowest BCUT2D eigenvalue weighted by Crippen LogP contribution is -2.35. The van der Waals surface area contributed by atoms with Crippen molar-refractivity contribution in [2.75, 3.05) is 31.0 Å². The minimum atomic E-state index is -3.48. The van der Waals surface area contributed by atoms with Gasteiger partial charge in [0.05, 0.1) is 23.1 Å². The van der Waals surface area contributed by atoms with E-state index < -0.39 is 39.5 Å². The molecule has 0 saturated carbocycles. The van der Waals surface area contributed by atoms with Crippen molar-refractivity contribution >= 4 is 27.4 Å². The number of fused-ring (bicyclic) bond motifs is 1. The number of carbonyl (C=O) groups is 2. The van der Waals surface area contributed by atoms with Gasteiger partial charge in [0.25, 0.3) is 0 Å². The number of hydrogen-bond donors (Lipinski definition) is 2. The molecule has 2 heterocycles. The molecule has 2 aliphatic rings. The summed E-state index contributed by atoms with van der Waals surface area (Å²) in [5, 5.41) is 13.6. The number of sulfone groups is 1. The lowest BCUT2D eigenvalue weighted by molar-refractivity contribution is -0.143. The summed E-state index contributed by atoms with van der Waals surface area (Å²) >= 11 is 0. The zero-order chi connectivity index (χ0) is 31.8. The van der Waals surface area contributed by atoms with Gasteiger partial charge in [-0.25, -0.2) is 12.8 Å². The quantitative estimate of drug-likeness (QED) is 0.313. The van der Waals surface area contributed by atoms with Crippen molar-refractivity contribution in [3.63, 3.8) is 0 Å². The number of aryl methyl sites for hydroxylation is 3. The van der Waals surface area contributed by atoms with Crippen LogP contribution in [0, 0.1) is 18.7 Å². The number of carboxylic acids is 1. The van der Waals surface area contributed by atoms with Gasteiger partial charge in [0, 0.05) is 24.2 Å². The van der Waals surface area contributed by atoms with Gasteiger partial charge in [0.15, 0.2) is 21.4 Å². The fraction of sp³-hybridized carbons (Fsp3) is 0.394. The highest BCUT2D eigenvalue weighted by Gasteiger charge is 2.48. The number of ether oxygens (including phenoxy) is 2. The lowest BCUT2D eigenvalue weighted by Gasteiger charge is -2.27. The molecule has 0 radical (unpaired) electrons. The fourth-order valence-electron chi connectivity index (χ4n) is 6.39. The molecule has 1 fully saturated rings. The highest BCUT2D eigenvalue weighted by Crippen LogP contribution is 2.48. The van der Waals surface area contributed by atoms with Crippen molar-refractivity contribution < 1.29 is 37.0 Å². The van der Waals surface area contributed by atoms with E-state index in [0.29, 0.717) is 11.1 Å². The van der Waals surface area contributed by atoms with Crippen LogP contribution in [0.25, 0.3) is 0 Å².